The lowest BCUT2D eigenvalue weighted by Crippen LogP contribution is -2.21. The minimum absolute atomic E-state index is 0.290. The Bertz CT molecular complexity index is 157. The van der Waals surface area contributed by atoms with Gasteiger partial charge in [0.05, 0.1) is 13.2 Å². The number of carbonyl (C=O) groups is 2. The fraction of sp³-hybridized carbons (Fsp3) is 0.800. The highest BCUT2D eigenvalue weighted by atomic mass is 16.7. The van der Waals surface area contributed by atoms with Crippen LogP contribution in [0.5, 0.6) is 0 Å². The summed E-state index contributed by atoms with van der Waals surface area (Å²) in [4.78, 5) is 21.8. The van der Waals surface area contributed by atoms with E-state index >= 15 is 0 Å². The Morgan fingerprint density at radius 3 is 1.50 bits per heavy atom. The number of unbranched alkanes of at least 4 members (excludes halogenated alkanes) is 2. The van der Waals surface area contributed by atoms with Crippen molar-refractivity contribution in [3.8, 4) is 0 Å². The van der Waals surface area contributed by atoms with Gasteiger partial charge in [-0.2, -0.15) is 0 Å². The second-order valence-corrected chi connectivity index (χ2v) is 2.98. The van der Waals surface area contributed by atoms with E-state index in [4.69, 9.17) is 0 Å². The Balaban J connectivity index is 3.50. The smallest absolute Gasteiger partial charge is 0.417 e. The van der Waals surface area contributed by atoms with Gasteiger partial charge in [0.25, 0.3) is 0 Å². The highest BCUT2D eigenvalue weighted by Gasteiger charge is 2.16. The molecule has 0 atom stereocenters. The first-order valence-electron chi connectivity index (χ1n) is 5.06. The molecule has 0 aliphatic rings. The van der Waals surface area contributed by atoms with Crippen molar-refractivity contribution >= 4 is 11.9 Å². The molecule has 0 aromatic heterocycles. The van der Waals surface area contributed by atoms with Gasteiger partial charge in [-0.25, -0.2) is 9.59 Å². The van der Waals surface area contributed by atoms with Crippen molar-refractivity contribution in [2.24, 2.45) is 0 Å². The molecule has 14 heavy (non-hydrogen) atoms. The molecule has 0 aliphatic heterocycles. The molecule has 0 rings (SSSR count). The van der Waals surface area contributed by atoms with Crippen LogP contribution in [0.3, 0.4) is 0 Å². The summed E-state index contributed by atoms with van der Waals surface area (Å²) in [5, 5.41) is 0. The Morgan fingerprint density at radius 1 is 0.857 bits per heavy atom. The molecule has 0 aromatic carbocycles. The number of ether oxygens (including phenoxy) is 2. The van der Waals surface area contributed by atoms with Crippen LogP contribution in [0.4, 0.5) is 0 Å². The lowest BCUT2D eigenvalue weighted by molar-refractivity contribution is -0.167. The molecule has 0 N–H and O–H groups in total. The second kappa shape index (κ2) is 8.53. The third-order valence-corrected chi connectivity index (χ3v) is 1.63. The fourth-order valence-corrected chi connectivity index (χ4v) is 0.736. The van der Waals surface area contributed by atoms with Gasteiger partial charge in [-0.1, -0.05) is 26.7 Å². The van der Waals surface area contributed by atoms with Gasteiger partial charge in [0.15, 0.2) is 0 Å². The molecule has 0 saturated carbocycles. The van der Waals surface area contributed by atoms with E-state index in [0.717, 1.165) is 25.7 Å². The minimum atomic E-state index is -0.880. The molecule has 0 unspecified atom stereocenters. The SMILES string of the molecule is CCCCO[13C](=O)[13C](=O)OCCCC. The summed E-state index contributed by atoms with van der Waals surface area (Å²) >= 11 is 0. The second-order valence-electron chi connectivity index (χ2n) is 2.98. The molecule has 0 bridgehead atoms. The molecule has 0 fully saturated rings. The molecule has 82 valence electrons. The zero-order valence-corrected chi connectivity index (χ0v) is 8.88. The number of carbonyl (C=O) groups excluding carboxylic acids is 2. The van der Waals surface area contributed by atoms with Crippen LogP contribution in [0.25, 0.3) is 0 Å². The molecule has 0 saturated heterocycles. The summed E-state index contributed by atoms with van der Waals surface area (Å²) < 4.78 is 9.32. The van der Waals surface area contributed by atoms with Crippen LogP contribution in [0.15, 0.2) is 0 Å². The summed E-state index contributed by atoms with van der Waals surface area (Å²) in [6.07, 6.45) is 3.40. The lowest BCUT2D eigenvalue weighted by atomic mass is 10.4. The quantitative estimate of drug-likeness (QED) is 0.286. The van der Waals surface area contributed by atoms with Crippen LogP contribution < -0.4 is 0 Å². The van der Waals surface area contributed by atoms with Crippen LogP contribution in [0, 0.1) is 0 Å². The molecule has 0 aliphatic carbocycles. The Labute approximate surface area is 84.6 Å². The molecule has 0 spiro atoms. The first kappa shape index (κ1) is 12.9. The van der Waals surface area contributed by atoms with E-state index in [9.17, 15) is 9.59 Å². The molecular formula is C10H18O4. The van der Waals surface area contributed by atoms with Gasteiger partial charge in [0.1, 0.15) is 0 Å². The van der Waals surface area contributed by atoms with Crippen molar-refractivity contribution in [3.05, 3.63) is 0 Å². The van der Waals surface area contributed by atoms with Gasteiger partial charge in [0.2, 0.25) is 0 Å². The van der Waals surface area contributed by atoms with E-state index in [2.05, 4.69) is 9.47 Å². The van der Waals surface area contributed by atoms with E-state index in [0.29, 0.717) is 0 Å². The summed E-state index contributed by atoms with van der Waals surface area (Å²) in [7, 11) is 0. The highest BCUT2D eigenvalue weighted by Crippen LogP contribution is 1.93. The van der Waals surface area contributed by atoms with Crippen LogP contribution in [0.1, 0.15) is 39.5 Å². The van der Waals surface area contributed by atoms with Gasteiger partial charge in [0, 0.05) is 0 Å². The largest absolute Gasteiger partial charge is 0.457 e. The van der Waals surface area contributed by atoms with E-state index in [1.165, 1.54) is 0 Å². The van der Waals surface area contributed by atoms with E-state index in [1.54, 1.807) is 0 Å². The number of hydrogen-bond acceptors (Lipinski definition) is 4. The highest BCUT2D eigenvalue weighted by molar-refractivity contribution is 6.29. The minimum Gasteiger partial charge on any atom is -0.457 e. The number of esters is 2. The standard InChI is InChI=1S/C10H18O4/c1-3-5-7-13-9(11)10(12)14-8-6-4-2/h3-8H2,1-2H3/i9+1,10+1. The van der Waals surface area contributed by atoms with Crippen molar-refractivity contribution in [1.29, 1.82) is 0 Å². The normalized spacial score (nSPS) is 9.57. The maximum Gasteiger partial charge on any atom is 0.417 e. The molecule has 4 heteroatoms. The average molecular weight is 204 g/mol. The van der Waals surface area contributed by atoms with Gasteiger partial charge in [-0.15, -0.1) is 0 Å². The summed E-state index contributed by atoms with van der Waals surface area (Å²) in [6.45, 7) is 4.54. The van der Waals surface area contributed by atoms with E-state index in [-0.39, 0.29) is 13.2 Å². The Hall–Kier alpha value is -1.06. The first-order valence-corrected chi connectivity index (χ1v) is 5.06. The zero-order chi connectivity index (χ0) is 10.8. The third kappa shape index (κ3) is 6.46. The molecule has 0 amide bonds. The van der Waals surface area contributed by atoms with E-state index < -0.39 is 11.9 Å². The van der Waals surface area contributed by atoms with Crippen molar-refractivity contribution < 1.29 is 19.1 Å². The number of rotatable bonds is 6. The van der Waals surface area contributed by atoms with Gasteiger partial charge in [-0.3, -0.25) is 0 Å². The monoisotopic (exact) mass is 204 g/mol. The molecular weight excluding hydrogens is 186 g/mol. The van der Waals surface area contributed by atoms with E-state index in [1.807, 2.05) is 13.8 Å². The molecule has 4 nitrogen and oxygen atoms in total. The molecule has 0 heterocycles. The summed E-state index contributed by atoms with van der Waals surface area (Å²) in [6, 6.07) is 0. The Morgan fingerprint density at radius 2 is 1.21 bits per heavy atom. The van der Waals surface area contributed by atoms with Crippen LogP contribution in [-0.4, -0.2) is 25.2 Å². The first-order chi connectivity index (χ1) is 6.72. The number of hydrogen-bond donors (Lipinski definition) is 0. The van der Waals surface area contributed by atoms with Crippen LogP contribution in [0.2, 0.25) is 0 Å². The van der Waals surface area contributed by atoms with Gasteiger partial charge >= 0.3 is 11.9 Å². The molecule has 0 aromatic rings. The maximum atomic E-state index is 10.9. The van der Waals surface area contributed by atoms with Crippen LogP contribution in [-0.2, 0) is 19.1 Å². The van der Waals surface area contributed by atoms with Gasteiger partial charge in [-0.05, 0) is 12.8 Å². The predicted molar refractivity (Wildman–Crippen MR) is 51.7 cm³/mol. The summed E-state index contributed by atoms with van der Waals surface area (Å²) in [5.41, 5.74) is 0. The van der Waals surface area contributed by atoms with Crippen molar-refractivity contribution in [3.63, 3.8) is 0 Å². The average Bonchev–Trinajstić information content (AvgIpc) is 2.18. The predicted octanol–water partition coefficient (Wildman–Crippen LogP) is 1.67. The maximum absolute atomic E-state index is 10.9. The lowest BCUT2D eigenvalue weighted by Gasteiger charge is -2.03. The topological polar surface area (TPSA) is 52.6 Å². The van der Waals surface area contributed by atoms with Gasteiger partial charge < -0.3 is 9.47 Å². The van der Waals surface area contributed by atoms with Crippen molar-refractivity contribution in [2.45, 2.75) is 39.5 Å². The Kier molecular flexibility index (Phi) is 7.89. The van der Waals surface area contributed by atoms with Crippen molar-refractivity contribution in [2.75, 3.05) is 13.2 Å². The summed E-state index contributed by atoms with van der Waals surface area (Å²) in [5.74, 6) is -1.76. The zero-order valence-electron chi connectivity index (χ0n) is 8.88. The molecule has 0 radical (unpaired) electrons. The van der Waals surface area contributed by atoms with Crippen LogP contribution >= 0.6 is 0 Å². The van der Waals surface area contributed by atoms with Crippen molar-refractivity contribution in [1.82, 2.24) is 0 Å². The third-order valence-electron chi connectivity index (χ3n) is 1.63. The fourth-order valence-electron chi connectivity index (χ4n) is 0.736.